The highest BCUT2D eigenvalue weighted by Gasteiger charge is 2.21. The van der Waals surface area contributed by atoms with Crippen molar-refractivity contribution >= 4 is 21.6 Å². The molecule has 0 aromatic heterocycles. The van der Waals surface area contributed by atoms with E-state index in [1.54, 1.807) is 7.05 Å². The Morgan fingerprint density at radius 3 is 2.61 bits per heavy atom. The maximum absolute atomic E-state index is 14.0. The van der Waals surface area contributed by atoms with Crippen LogP contribution in [0.2, 0.25) is 5.02 Å². The molecule has 2 N–H and O–H groups in total. The van der Waals surface area contributed by atoms with Crippen molar-refractivity contribution < 1.29 is 12.8 Å². The van der Waals surface area contributed by atoms with Crippen LogP contribution in [-0.2, 0) is 16.6 Å². The van der Waals surface area contributed by atoms with Gasteiger partial charge in [0, 0.05) is 23.7 Å². The second kappa shape index (κ2) is 6.47. The van der Waals surface area contributed by atoms with Gasteiger partial charge < -0.3 is 5.32 Å². The number of halogens is 2. The topological polar surface area (TPSA) is 58.2 Å². The summed E-state index contributed by atoms with van der Waals surface area (Å²) in [6.45, 7) is 2.29. The third-order valence-electron chi connectivity index (χ3n) is 2.28. The van der Waals surface area contributed by atoms with Gasteiger partial charge in [-0.1, -0.05) is 18.5 Å². The molecule has 0 saturated heterocycles. The van der Waals surface area contributed by atoms with E-state index in [0.717, 1.165) is 6.07 Å². The Bertz CT molecular complexity index is 520. The molecule has 0 saturated carbocycles. The summed E-state index contributed by atoms with van der Waals surface area (Å²) in [7, 11) is -2.21. The standard InChI is InChI=1S/C11H16ClFN2O2S/c1-3-4-15-18(16,17)10-6-9(12)5-8(7-14-2)11(10)13/h5-6,14-15H,3-4,7H2,1-2H3. The van der Waals surface area contributed by atoms with Crippen molar-refractivity contribution in [3.05, 3.63) is 28.5 Å². The highest BCUT2D eigenvalue weighted by molar-refractivity contribution is 7.89. The molecule has 0 fully saturated rings. The largest absolute Gasteiger partial charge is 0.316 e. The van der Waals surface area contributed by atoms with E-state index >= 15 is 0 Å². The minimum atomic E-state index is -3.85. The Hall–Kier alpha value is -0.690. The molecule has 0 amide bonds. The minimum absolute atomic E-state index is 0.193. The predicted molar refractivity (Wildman–Crippen MR) is 69.7 cm³/mol. The molecule has 102 valence electrons. The average Bonchev–Trinajstić information content (AvgIpc) is 2.31. The van der Waals surface area contributed by atoms with Gasteiger partial charge in [0.2, 0.25) is 10.0 Å². The second-order valence-corrected chi connectivity index (χ2v) is 5.98. The fraction of sp³-hybridized carbons (Fsp3) is 0.455. The lowest BCUT2D eigenvalue weighted by atomic mass is 10.2. The molecule has 0 unspecified atom stereocenters. The summed E-state index contributed by atoms with van der Waals surface area (Å²) >= 11 is 5.81. The lowest BCUT2D eigenvalue weighted by Gasteiger charge is -2.10. The third-order valence-corrected chi connectivity index (χ3v) is 3.96. The van der Waals surface area contributed by atoms with E-state index in [0.29, 0.717) is 6.42 Å². The summed E-state index contributed by atoms with van der Waals surface area (Å²) in [4.78, 5) is -0.409. The van der Waals surface area contributed by atoms with Crippen LogP contribution in [0.4, 0.5) is 4.39 Å². The molecule has 18 heavy (non-hydrogen) atoms. The lowest BCUT2D eigenvalue weighted by molar-refractivity contribution is 0.546. The van der Waals surface area contributed by atoms with Gasteiger partial charge in [0.1, 0.15) is 10.7 Å². The first kappa shape index (κ1) is 15.4. The molecule has 4 nitrogen and oxygen atoms in total. The average molecular weight is 295 g/mol. The van der Waals surface area contributed by atoms with Crippen molar-refractivity contribution in [2.75, 3.05) is 13.6 Å². The zero-order valence-electron chi connectivity index (χ0n) is 10.3. The molecule has 1 rings (SSSR count). The van der Waals surface area contributed by atoms with Crippen LogP contribution in [0.15, 0.2) is 17.0 Å². The van der Waals surface area contributed by atoms with Crippen molar-refractivity contribution in [2.45, 2.75) is 24.8 Å². The Labute approximate surface area is 112 Å². The van der Waals surface area contributed by atoms with E-state index in [1.807, 2.05) is 6.92 Å². The zero-order chi connectivity index (χ0) is 13.8. The normalized spacial score (nSPS) is 11.8. The van der Waals surface area contributed by atoms with Crippen molar-refractivity contribution in [1.29, 1.82) is 0 Å². The van der Waals surface area contributed by atoms with Gasteiger partial charge >= 0.3 is 0 Å². The van der Waals surface area contributed by atoms with E-state index in [4.69, 9.17) is 11.6 Å². The van der Waals surface area contributed by atoms with E-state index in [-0.39, 0.29) is 23.7 Å². The molecule has 0 aliphatic heterocycles. The number of hydrogen-bond acceptors (Lipinski definition) is 3. The van der Waals surface area contributed by atoms with E-state index < -0.39 is 20.7 Å². The molecule has 0 bridgehead atoms. The maximum atomic E-state index is 14.0. The quantitative estimate of drug-likeness (QED) is 0.842. The highest BCUT2D eigenvalue weighted by Crippen LogP contribution is 2.23. The molecule has 0 heterocycles. The van der Waals surface area contributed by atoms with Gasteiger partial charge in [-0.2, -0.15) is 0 Å². The smallest absolute Gasteiger partial charge is 0.243 e. The Morgan fingerprint density at radius 1 is 1.39 bits per heavy atom. The van der Waals surface area contributed by atoms with Crippen LogP contribution in [0, 0.1) is 5.82 Å². The summed E-state index contributed by atoms with van der Waals surface area (Å²) in [6.07, 6.45) is 0.630. The SMILES string of the molecule is CCCNS(=O)(=O)c1cc(Cl)cc(CNC)c1F. The molecule has 0 spiro atoms. The van der Waals surface area contributed by atoms with Crippen molar-refractivity contribution in [3.63, 3.8) is 0 Å². The number of sulfonamides is 1. The molecular weight excluding hydrogens is 279 g/mol. The first-order chi connectivity index (χ1) is 8.42. The monoisotopic (exact) mass is 294 g/mol. The predicted octanol–water partition coefficient (Wildman–Crippen LogP) is 1.89. The van der Waals surface area contributed by atoms with E-state index in [2.05, 4.69) is 10.0 Å². The zero-order valence-corrected chi connectivity index (χ0v) is 11.8. The van der Waals surface area contributed by atoms with Crippen LogP contribution in [-0.4, -0.2) is 22.0 Å². The molecule has 7 heteroatoms. The van der Waals surface area contributed by atoms with Gasteiger partial charge in [0.25, 0.3) is 0 Å². The molecule has 0 aliphatic carbocycles. The molecule has 1 aromatic rings. The lowest BCUT2D eigenvalue weighted by Crippen LogP contribution is -2.26. The first-order valence-electron chi connectivity index (χ1n) is 5.54. The highest BCUT2D eigenvalue weighted by atomic mass is 35.5. The molecule has 0 atom stereocenters. The number of benzene rings is 1. The van der Waals surface area contributed by atoms with Crippen molar-refractivity contribution in [3.8, 4) is 0 Å². The summed E-state index contributed by atoms with van der Waals surface area (Å²) < 4.78 is 40.1. The van der Waals surface area contributed by atoms with Crippen LogP contribution in [0.1, 0.15) is 18.9 Å². The minimum Gasteiger partial charge on any atom is -0.316 e. The van der Waals surface area contributed by atoms with Gasteiger partial charge in [0.05, 0.1) is 0 Å². The maximum Gasteiger partial charge on any atom is 0.243 e. The van der Waals surface area contributed by atoms with Crippen LogP contribution < -0.4 is 10.0 Å². The van der Waals surface area contributed by atoms with Crippen LogP contribution in [0.5, 0.6) is 0 Å². The van der Waals surface area contributed by atoms with Crippen molar-refractivity contribution in [1.82, 2.24) is 10.0 Å². The summed E-state index contributed by atoms with van der Waals surface area (Å²) in [6, 6.07) is 2.53. The first-order valence-corrected chi connectivity index (χ1v) is 7.40. The third kappa shape index (κ3) is 3.65. The number of nitrogens with one attached hydrogen (secondary N) is 2. The van der Waals surface area contributed by atoms with Gasteiger partial charge in [-0.15, -0.1) is 0 Å². The molecule has 0 aliphatic rings. The van der Waals surface area contributed by atoms with E-state index in [9.17, 15) is 12.8 Å². The molecule has 0 radical (unpaired) electrons. The summed E-state index contributed by atoms with van der Waals surface area (Å²) in [5, 5.41) is 2.95. The fourth-order valence-electron chi connectivity index (χ4n) is 1.45. The van der Waals surface area contributed by atoms with Crippen LogP contribution in [0.3, 0.4) is 0 Å². The summed E-state index contributed by atoms with van der Waals surface area (Å²) in [5.74, 6) is -0.766. The Morgan fingerprint density at radius 2 is 2.06 bits per heavy atom. The second-order valence-electron chi connectivity index (χ2n) is 3.81. The van der Waals surface area contributed by atoms with Gasteiger partial charge in [-0.25, -0.2) is 17.5 Å². The summed E-state index contributed by atoms with van der Waals surface area (Å²) in [5.41, 5.74) is 0.224. The Kier molecular flexibility index (Phi) is 5.52. The fourth-order valence-corrected chi connectivity index (χ4v) is 3.03. The van der Waals surface area contributed by atoms with Crippen LogP contribution >= 0.6 is 11.6 Å². The Balaban J connectivity index is 3.23. The molecular formula is C11H16ClFN2O2S. The van der Waals surface area contributed by atoms with Gasteiger partial charge in [-0.05, 0) is 25.6 Å². The van der Waals surface area contributed by atoms with Gasteiger partial charge in [-0.3, -0.25) is 0 Å². The molecule has 1 aromatic carbocycles. The number of rotatable bonds is 6. The number of hydrogen-bond donors (Lipinski definition) is 2. The van der Waals surface area contributed by atoms with Gasteiger partial charge in [0.15, 0.2) is 0 Å². The van der Waals surface area contributed by atoms with E-state index in [1.165, 1.54) is 6.07 Å². The van der Waals surface area contributed by atoms with Crippen molar-refractivity contribution in [2.24, 2.45) is 0 Å². The van der Waals surface area contributed by atoms with Crippen LogP contribution in [0.25, 0.3) is 0 Å².